The number of thiophene rings is 1. The molecule has 1 fully saturated rings. The van der Waals surface area contributed by atoms with Gasteiger partial charge in [-0.05, 0) is 23.6 Å². The van der Waals surface area contributed by atoms with Crippen molar-refractivity contribution < 1.29 is 4.79 Å². The van der Waals surface area contributed by atoms with Crippen LogP contribution in [0.3, 0.4) is 0 Å². The average molecular weight is 266 g/mol. The summed E-state index contributed by atoms with van der Waals surface area (Å²) in [5.41, 5.74) is 6.11. The Balaban J connectivity index is 2.05. The molecular formula is C12H14N2OS2. The summed E-state index contributed by atoms with van der Waals surface area (Å²) in [4.78, 5) is 12.7. The number of rotatable bonds is 2. The summed E-state index contributed by atoms with van der Waals surface area (Å²) in [5, 5.41) is 4.94. The van der Waals surface area contributed by atoms with Crippen molar-refractivity contribution in [3.8, 4) is 11.8 Å². The van der Waals surface area contributed by atoms with Gasteiger partial charge in [0, 0.05) is 17.4 Å². The standard InChI is InChI=1S/C12H14N2OS2/c13-5-1-2-9-3-7-17-11(9)12(15)14-10-4-6-16-8-10/h3,7,10H,4-6,8,13H2,(H,14,15). The first-order valence-electron chi connectivity index (χ1n) is 5.46. The van der Waals surface area contributed by atoms with Crippen molar-refractivity contribution in [1.29, 1.82) is 0 Å². The minimum absolute atomic E-state index is 0.00572. The topological polar surface area (TPSA) is 55.1 Å². The van der Waals surface area contributed by atoms with E-state index in [2.05, 4.69) is 17.2 Å². The summed E-state index contributed by atoms with van der Waals surface area (Å²) in [5.74, 6) is 7.85. The zero-order chi connectivity index (χ0) is 12.1. The molecule has 3 N–H and O–H groups in total. The van der Waals surface area contributed by atoms with Crippen LogP contribution >= 0.6 is 23.1 Å². The fourth-order valence-corrected chi connectivity index (χ4v) is 3.53. The molecule has 0 radical (unpaired) electrons. The number of amides is 1. The highest BCUT2D eigenvalue weighted by Crippen LogP contribution is 2.20. The van der Waals surface area contributed by atoms with Gasteiger partial charge in [0.1, 0.15) is 4.88 Å². The third-order valence-electron chi connectivity index (χ3n) is 2.46. The van der Waals surface area contributed by atoms with Gasteiger partial charge < -0.3 is 11.1 Å². The Kier molecular flexibility index (Phi) is 4.49. The smallest absolute Gasteiger partial charge is 0.262 e. The first-order chi connectivity index (χ1) is 8.31. The van der Waals surface area contributed by atoms with Gasteiger partial charge in [0.25, 0.3) is 5.91 Å². The first kappa shape index (κ1) is 12.5. The number of carbonyl (C=O) groups excluding carboxylic acids is 1. The zero-order valence-corrected chi connectivity index (χ0v) is 11.0. The summed E-state index contributed by atoms with van der Waals surface area (Å²) in [6.07, 6.45) is 1.06. The van der Waals surface area contributed by atoms with Crippen LogP contribution in [0.15, 0.2) is 11.4 Å². The largest absolute Gasteiger partial charge is 0.348 e. The van der Waals surface area contributed by atoms with Gasteiger partial charge in [0.15, 0.2) is 0 Å². The summed E-state index contributed by atoms with van der Waals surface area (Å²) in [7, 11) is 0. The third kappa shape index (κ3) is 3.25. The third-order valence-corrected chi connectivity index (χ3v) is 4.54. The van der Waals surface area contributed by atoms with Gasteiger partial charge in [-0.2, -0.15) is 11.8 Å². The van der Waals surface area contributed by atoms with E-state index in [1.165, 1.54) is 11.3 Å². The molecule has 1 unspecified atom stereocenters. The highest BCUT2D eigenvalue weighted by molar-refractivity contribution is 7.99. The average Bonchev–Trinajstić information content (AvgIpc) is 2.96. The predicted molar refractivity (Wildman–Crippen MR) is 73.4 cm³/mol. The van der Waals surface area contributed by atoms with Gasteiger partial charge in [-0.15, -0.1) is 11.3 Å². The molecule has 3 nitrogen and oxygen atoms in total. The van der Waals surface area contributed by atoms with E-state index >= 15 is 0 Å². The summed E-state index contributed by atoms with van der Waals surface area (Å²) < 4.78 is 0. The summed E-state index contributed by atoms with van der Waals surface area (Å²) in [6, 6.07) is 2.18. The lowest BCUT2D eigenvalue weighted by Gasteiger charge is -2.10. The molecule has 0 saturated carbocycles. The van der Waals surface area contributed by atoms with Crippen molar-refractivity contribution in [3.63, 3.8) is 0 Å². The Bertz CT molecular complexity index is 453. The van der Waals surface area contributed by atoms with Crippen LogP contribution in [-0.4, -0.2) is 30.0 Å². The molecule has 17 heavy (non-hydrogen) atoms. The summed E-state index contributed by atoms with van der Waals surface area (Å²) in [6.45, 7) is 0.316. The second kappa shape index (κ2) is 6.10. The van der Waals surface area contributed by atoms with Gasteiger partial charge in [0.2, 0.25) is 0 Å². The molecule has 0 aromatic carbocycles. The van der Waals surface area contributed by atoms with E-state index in [0.29, 0.717) is 17.5 Å². The van der Waals surface area contributed by atoms with Crippen LogP contribution in [0.25, 0.3) is 0 Å². The lowest BCUT2D eigenvalue weighted by Crippen LogP contribution is -2.34. The number of nitrogens with two attached hydrogens (primary N) is 1. The fourth-order valence-electron chi connectivity index (χ4n) is 1.63. The minimum atomic E-state index is -0.00572. The highest BCUT2D eigenvalue weighted by Gasteiger charge is 2.20. The van der Waals surface area contributed by atoms with Crippen molar-refractivity contribution in [1.82, 2.24) is 5.32 Å². The van der Waals surface area contributed by atoms with Crippen LogP contribution in [0.1, 0.15) is 21.7 Å². The monoisotopic (exact) mass is 266 g/mol. The van der Waals surface area contributed by atoms with Crippen molar-refractivity contribution in [2.75, 3.05) is 18.1 Å². The van der Waals surface area contributed by atoms with Crippen molar-refractivity contribution in [2.24, 2.45) is 5.73 Å². The zero-order valence-electron chi connectivity index (χ0n) is 9.36. The number of hydrogen-bond acceptors (Lipinski definition) is 4. The molecule has 0 bridgehead atoms. The van der Waals surface area contributed by atoms with Crippen molar-refractivity contribution in [2.45, 2.75) is 12.5 Å². The van der Waals surface area contributed by atoms with Crippen molar-refractivity contribution >= 4 is 29.0 Å². The predicted octanol–water partition coefficient (Wildman–Crippen LogP) is 1.29. The van der Waals surface area contributed by atoms with E-state index in [-0.39, 0.29) is 5.91 Å². The molecule has 1 aliphatic rings. The van der Waals surface area contributed by atoms with E-state index in [0.717, 1.165) is 23.5 Å². The van der Waals surface area contributed by atoms with Crippen LogP contribution in [0.2, 0.25) is 0 Å². The maximum atomic E-state index is 12.0. The van der Waals surface area contributed by atoms with Gasteiger partial charge in [-0.3, -0.25) is 4.79 Å². The minimum Gasteiger partial charge on any atom is -0.348 e. The first-order valence-corrected chi connectivity index (χ1v) is 7.49. The lowest BCUT2D eigenvalue weighted by molar-refractivity contribution is 0.0945. The Morgan fingerprint density at radius 1 is 1.65 bits per heavy atom. The van der Waals surface area contributed by atoms with E-state index < -0.39 is 0 Å². The Hall–Kier alpha value is -0.960. The van der Waals surface area contributed by atoms with E-state index in [9.17, 15) is 4.79 Å². The molecule has 1 aromatic rings. The molecule has 1 aliphatic heterocycles. The van der Waals surface area contributed by atoms with Crippen LogP contribution in [0, 0.1) is 11.8 Å². The fraction of sp³-hybridized carbons (Fsp3) is 0.417. The highest BCUT2D eigenvalue weighted by atomic mass is 32.2. The molecule has 5 heteroatoms. The van der Waals surface area contributed by atoms with Crippen LogP contribution in [-0.2, 0) is 0 Å². The van der Waals surface area contributed by atoms with Gasteiger partial charge in [-0.25, -0.2) is 0 Å². The second-order valence-electron chi connectivity index (χ2n) is 3.70. The molecule has 0 spiro atoms. The maximum Gasteiger partial charge on any atom is 0.262 e. The molecule has 90 valence electrons. The number of nitrogens with one attached hydrogen (secondary N) is 1. The quantitative estimate of drug-likeness (QED) is 0.793. The molecule has 2 rings (SSSR count). The normalized spacial score (nSPS) is 18.5. The molecule has 2 heterocycles. The van der Waals surface area contributed by atoms with Gasteiger partial charge in [-0.1, -0.05) is 11.8 Å². The number of hydrogen-bond donors (Lipinski definition) is 2. The van der Waals surface area contributed by atoms with E-state index in [1.54, 1.807) is 0 Å². The van der Waals surface area contributed by atoms with Gasteiger partial charge in [0.05, 0.1) is 6.54 Å². The lowest BCUT2D eigenvalue weighted by atomic mass is 10.2. The SMILES string of the molecule is NCC#Cc1ccsc1C(=O)NC1CCSC1. The number of carbonyl (C=O) groups is 1. The maximum absolute atomic E-state index is 12.0. The molecular weight excluding hydrogens is 252 g/mol. The molecule has 0 aliphatic carbocycles. The van der Waals surface area contributed by atoms with Crippen molar-refractivity contribution in [3.05, 3.63) is 21.9 Å². The van der Waals surface area contributed by atoms with Crippen LogP contribution in [0.4, 0.5) is 0 Å². The van der Waals surface area contributed by atoms with Gasteiger partial charge >= 0.3 is 0 Å². The van der Waals surface area contributed by atoms with E-state index in [4.69, 9.17) is 5.73 Å². The molecule has 1 amide bonds. The van der Waals surface area contributed by atoms with Crippen LogP contribution in [0.5, 0.6) is 0 Å². The molecule has 1 saturated heterocycles. The summed E-state index contributed by atoms with van der Waals surface area (Å²) >= 11 is 3.31. The Labute approximate surface area is 109 Å². The van der Waals surface area contributed by atoms with E-state index in [1.807, 2.05) is 23.2 Å². The Morgan fingerprint density at radius 3 is 3.24 bits per heavy atom. The molecule has 1 atom stereocenters. The van der Waals surface area contributed by atoms with Crippen LogP contribution < -0.4 is 11.1 Å². The second-order valence-corrected chi connectivity index (χ2v) is 5.77. The number of thioether (sulfide) groups is 1. The molecule has 1 aromatic heterocycles. The Morgan fingerprint density at radius 2 is 2.53 bits per heavy atom.